The number of nitrogens with one attached hydrogen (secondary N) is 1. The first-order valence-corrected chi connectivity index (χ1v) is 7.12. The highest BCUT2D eigenvalue weighted by Gasteiger charge is 2.02. The van der Waals surface area contributed by atoms with E-state index < -0.39 is 0 Å². The SMILES string of the molecule is CCOCc1ccccc1CNCCc1cnn(C)c1. The molecule has 20 heavy (non-hydrogen) atoms. The number of benzene rings is 1. The topological polar surface area (TPSA) is 39.1 Å². The van der Waals surface area contributed by atoms with Crippen molar-refractivity contribution in [2.75, 3.05) is 13.2 Å². The van der Waals surface area contributed by atoms with E-state index in [4.69, 9.17) is 4.74 Å². The summed E-state index contributed by atoms with van der Waals surface area (Å²) in [6, 6.07) is 8.43. The van der Waals surface area contributed by atoms with E-state index in [1.54, 1.807) is 0 Å². The van der Waals surface area contributed by atoms with Crippen molar-refractivity contribution in [2.45, 2.75) is 26.5 Å². The van der Waals surface area contributed by atoms with E-state index in [0.717, 1.165) is 26.1 Å². The molecule has 2 aromatic rings. The minimum Gasteiger partial charge on any atom is -0.377 e. The fraction of sp³-hybridized carbons (Fsp3) is 0.438. The molecule has 0 spiro atoms. The lowest BCUT2D eigenvalue weighted by Crippen LogP contribution is -2.17. The van der Waals surface area contributed by atoms with Crippen LogP contribution in [0.25, 0.3) is 0 Å². The van der Waals surface area contributed by atoms with Crippen LogP contribution in [0.15, 0.2) is 36.7 Å². The van der Waals surface area contributed by atoms with E-state index in [2.05, 4.69) is 40.9 Å². The molecule has 0 aliphatic carbocycles. The van der Waals surface area contributed by atoms with Crippen LogP contribution >= 0.6 is 0 Å². The zero-order valence-corrected chi connectivity index (χ0v) is 12.3. The molecule has 0 saturated heterocycles. The number of hydrogen-bond acceptors (Lipinski definition) is 3. The van der Waals surface area contributed by atoms with Gasteiger partial charge in [0.15, 0.2) is 0 Å². The van der Waals surface area contributed by atoms with Crippen LogP contribution in [0.1, 0.15) is 23.6 Å². The molecule has 1 heterocycles. The van der Waals surface area contributed by atoms with Crippen LogP contribution < -0.4 is 5.32 Å². The van der Waals surface area contributed by atoms with E-state index in [1.807, 2.05) is 24.9 Å². The number of nitrogens with zero attached hydrogens (tertiary/aromatic N) is 2. The first kappa shape index (κ1) is 14.8. The van der Waals surface area contributed by atoms with Gasteiger partial charge in [0.05, 0.1) is 12.8 Å². The quantitative estimate of drug-likeness (QED) is 0.750. The van der Waals surface area contributed by atoms with Crippen molar-refractivity contribution in [3.05, 3.63) is 53.3 Å². The van der Waals surface area contributed by atoms with Crippen molar-refractivity contribution < 1.29 is 4.74 Å². The summed E-state index contributed by atoms with van der Waals surface area (Å²) in [6.07, 6.45) is 4.98. The molecule has 0 fully saturated rings. The molecule has 2 rings (SSSR count). The van der Waals surface area contributed by atoms with E-state index in [1.165, 1.54) is 16.7 Å². The van der Waals surface area contributed by atoms with Gasteiger partial charge in [0.2, 0.25) is 0 Å². The van der Waals surface area contributed by atoms with Gasteiger partial charge in [0.25, 0.3) is 0 Å². The maximum Gasteiger partial charge on any atom is 0.0719 e. The molecule has 1 N–H and O–H groups in total. The van der Waals surface area contributed by atoms with Crippen LogP contribution in [-0.2, 0) is 31.4 Å². The van der Waals surface area contributed by atoms with Crippen LogP contribution in [0.2, 0.25) is 0 Å². The van der Waals surface area contributed by atoms with Crippen molar-refractivity contribution >= 4 is 0 Å². The Kier molecular flexibility index (Phi) is 5.77. The molecule has 4 heteroatoms. The Balaban J connectivity index is 1.78. The van der Waals surface area contributed by atoms with Gasteiger partial charge in [-0.2, -0.15) is 5.10 Å². The lowest BCUT2D eigenvalue weighted by molar-refractivity contribution is 0.133. The lowest BCUT2D eigenvalue weighted by atomic mass is 10.1. The number of ether oxygens (including phenoxy) is 1. The third kappa shape index (κ3) is 4.47. The Morgan fingerprint density at radius 3 is 2.75 bits per heavy atom. The first-order valence-electron chi connectivity index (χ1n) is 7.12. The van der Waals surface area contributed by atoms with Gasteiger partial charge in [-0.25, -0.2) is 0 Å². The zero-order valence-electron chi connectivity index (χ0n) is 12.3. The predicted octanol–water partition coefficient (Wildman–Crippen LogP) is 2.29. The predicted molar refractivity (Wildman–Crippen MR) is 80.4 cm³/mol. The van der Waals surface area contributed by atoms with Crippen molar-refractivity contribution in [1.29, 1.82) is 0 Å². The normalized spacial score (nSPS) is 10.9. The molecule has 1 aromatic heterocycles. The Morgan fingerprint density at radius 1 is 1.25 bits per heavy atom. The average Bonchev–Trinajstić information content (AvgIpc) is 2.88. The first-order chi connectivity index (χ1) is 9.79. The molecule has 4 nitrogen and oxygen atoms in total. The molecular weight excluding hydrogens is 250 g/mol. The second-order valence-electron chi connectivity index (χ2n) is 4.85. The van der Waals surface area contributed by atoms with Gasteiger partial charge in [0, 0.05) is 26.4 Å². The Bertz CT molecular complexity index is 522. The average molecular weight is 273 g/mol. The van der Waals surface area contributed by atoms with Crippen LogP contribution in [-0.4, -0.2) is 22.9 Å². The summed E-state index contributed by atoms with van der Waals surface area (Å²) < 4.78 is 7.34. The molecule has 0 unspecified atom stereocenters. The van der Waals surface area contributed by atoms with Crippen LogP contribution in [0.4, 0.5) is 0 Å². The number of rotatable bonds is 8. The number of aromatic nitrogens is 2. The summed E-state index contributed by atoms with van der Waals surface area (Å²) in [5.41, 5.74) is 3.85. The molecular formula is C16H23N3O. The highest BCUT2D eigenvalue weighted by molar-refractivity contribution is 5.26. The molecule has 0 saturated carbocycles. The van der Waals surface area contributed by atoms with Crippen molar-refractivity contribution in [2.24, 2.45) is 7.05 Å². The van der Waals surface area contributed by atoms with Crippen LogP contribution in [0, 0.1) is 0 Å². The van der Waals surface area contributed by atoms with Gasteiger partial charge in [0.1, 0.15) is 0 Å². The summed E-state index contributed by atoms with van der Waals surface area (Å²) in [4.78, 5) is 0. The van der Waals surface area contributed by atoms with Gasteiger partial charge in [-0.1, -0.05) is 24.3 Å². The van der Waals surface area contributed by atoms with Gasteiger partial charge in [-0.05, 0) is 36.6 Å². The fourth-order valence-corrected chi connectivity index (χ4v) is 2.14. The third-order valence-electron chi connectivity index (χ3n) is 3.24. The molecule has 0 aliphatic heterocycles. The molecule has 108 valence electrons. The van der Waals surface area contributed by atoms with Gasteiger partial charge < -0.3 is 10.1 Å². The van der Waals surface area contributed by atoms with E-state index in [-0.39, 0.29) is 0 Å². The Hall–Kier alpha value is -1.65. The third-order valence-corrected chi connectivity index (χ3v) is 3.24. The summed E-state index contributed by atoms with van der Waals surface area (Å²) in [6.45, 7) is 5.30. The second-order valence-corrected chi connectivity index (χ2v) is 4.85. The molecule has 0 aliphatic rings. The fourth-order valence-electron chi connectivity index (χ4n) is 2.14. The molecule has 0 atom stereocenters. The Morgan fingerprint density at radius 2 is 2.05 bits per heavy atom. The molecule has 0 bridgehead atoms. The van der Waals surface area contributed by atoms with Gasteiger partial charge >= 0.3 is 0 Å². The highest BCUT2D eigenvalue weighted by atomic mass is 16.5. The maximum atomic E-state index is 5.50. The number of aryl methyl sites for hydroxylation is 1. The molecule has 0 radical (unpaired) electrons. The summed E-state index contributed by atoms with van der Waals surface area (Å²) >= 11 is 0. The smallest absolute Gasteiger partial charge is 0.0719 e. The zero-order chi connectivity index (χ0) is 14.2. The molecule has 0 amide bonds. The van der Waals surface area contributed by atoms with E-state index in [0.29, 0.717) is 6.61 Å². The van der Waals surface area contributed by atoms with Gasteiger partial charge in [-0.15, -0.1) is 0 Å². The van der Waals surface area contributed by atoms with Crippen molar-refractivity contribution in [3.63, 3.8) is 0 Å². The molecule has 1 aromatic carbocycles. The summed E-state index contributed by atoms with van der Waals surface area (Å²) in [5.74, 6) is 0. The Labute approximate surface area is 120 Å². The van der Waals surface area contributed by atoms with Crippen molar-refractivity contribution in [3.8, 4) is 0 Å². The summed E-state index contributed by atoms with van der Waals surface area (Å²) in [7, 11) is 1.95. The highest BCUT2D eigenvalue weighted by Crippen LogP contribution is 2.10. The van der Waals surface area contributed by atoms with E-state index in [9.17, 15) is 0 Å². The minimum atomic E-state index is 0.691. The minimum absolute atomic E-state index is 0.691. The monoisotopic (exact) mass is 273 g/mol. The van der Waals surface area contributed by atoms with Gasteiger partial charge in [-0.3, -0.25) is 4.68 Å². The largest absolute Gasteiger partial charge is 0.377 e. The van der Waals surface area contributed by atoms with Crippen LogP contribution in [0.5, 0.6) is 0 Å². The lowest BCUT2D eigenvalue weighted by Gasteiger charge is -2.10. The summed E-state index contributed by atoms with van der Waals surface area (Å²) in [5, 5.41) is 7.66. The maximum absolute atomic E-state index is 5.50. The van der Waals surface area contributed by atoms with E-state index >= 15 is 0 Å². The standard InChI is InChI=1S/C16H23N3O/c1-3-20-13-16-7-5-4-6-15(16)11-17-9-8-14-10-18-19(2)12-14/h4-7,10,12,17H,3,8-9,11,13H2,1-2H3. The van der Waals surface area contributed by atoms with Crippen LogP contribution in [0.3, 0.4) is 0 Å². The van der Waals surface area contributed by atoms with Crippen molar-refractivity contribution in [1.82, 2.24) is 15.1 Å². The number of hydrogen-bond donors (Lipinski definition) is 1. The second kappa shape index (κ2) is 7.82.